The monoisotopic (exact) mass is 472 g/mol. The lowest BCUT2D eigenvalue weighted by Gasteiger charge is -2.12. The summed E-state index contributed by atoms with van der Waals surface area (Å²) in [6.07, 6.45) is 1.11. The number of esters is 1. The minimum absolute atomic E-state index is 0.132. The molecule has 0 spiro atoms. The molecule has 0 aliphatic rings. The average Bonchev–Trinajstić information content (AvgIpc) is 2.87. The number of nitrogens with zero attached hydrogens (tertiary/aromatic N) is 3. The highest BCUT2D eigenvalue weighted by molar-refractivity contribution is 6.07. The highest BCUT2D eigenvalue weighted by Crippen LogP contribution is 2.31. The number of nitrogens with one attached hydrogen (secondary N) is 3. The molecule has 0 aliphatic heterocycles. The molecule has 35 heavy (non-hydrogen) atoms. The van der Waals surface area contributed by atoms with Crippen LogP contribution < -0.4 is 16.2 Å². The van der Waals surface area contributed by atoms with Gasteiger partial charge in [-0.05, 0) is 42.0 Å². The molecule has 0 aliphatic carbocycles. The SMILES string of the molecule is CCOC(=O)c1cccc(Nc2ncnc(NNC(=O)c3cccc4ccccc34)c2[N+](=O)[O-])c1. The summed E-state index contributed by atoms with van der Waals surface area (Å²) >= 11 is 0. The topological polar surface area (TPSA) is 148 Å². The molecule has 0 unspecified atom stereocenters. The van der Waals surface area contributed by atoms with Gasteiger partial charge in [0, 0.05) is 11.3 Å². The van der Waals surface area contributed by atoms with Gasteiger partial charge < -0.3 is 10.1 Å². The number of benzene rings is 3. The van der Waals surface area contributed by atoms with E-state index in [0.717, 1.165) is 17.1 Å². The van der Waals surface area contributed by atoms with Crippen LogP contribution in [0.2, 0.25) is 0 Å². The molecule has 4 rings (SSSR count). The molecule has 0 radical (unpaired) electrons. The van der Waals surface area contributed by atoms with Gasteiger partial charge in [0.05, 0.1) is 17.1 Å². The summed E-state index contributed by atoms with van der Waals surface area (Å²) in [7, 11) is 0. The number of fused-ring (bicyclic) bond motifs is 1. The van der Waals surface area contributed by atoms with Crippen LogP contribution in [0.3, 0.4) is 0 Å². The van der Waals surface area contributed by atoms with Crippen molar-refractivity contribution in [3.8, 4) is 0 Å². The number of amides is 1. The van der Waals surface area contributed by atoms with Gasteiger partial charge in [-0.3, -0.25) is 25.8 Å². The summed E-state index contributed by atoms with van der Waals surface area (Å²) in [5.74, 6) is -1.37. The molecule has 1 amide bonds. The number of anilines is 3. The van der Waals surface area contributed by atoms with E-state index in [9.17, 15) is 19.7 Å². The Balaban J connectivity index is 1.57. The molecular formula is C24H20N6O5. The Morgan fingerprint density at radius 1 is 1.00 bits per heavy atom. The fourth-order valence-corrected chi connectivity index (χ4v) is 3.42. The van der Waals surface area contributed by atoms with Gasteiger partial charge in [0.1, 0.15) is 6.33 Å². The Kier molecular flexibility index (Phi) is 6.77. The Labute approximate surface area is 199 Å². The maximum Gasteiger partial charge on any atom is 0.355 e. The van der Waals surface area contributed by atoms with E-state index in [0.29, 0.717) is 11.3 Å². The van der Waals surface area contributed by atoms with Crippen LogP contribution in [-0.4, -0.2) is 33.4 Å². The van der Waals surface area contributed by atoms with Crippen molar-refractivity contribution in [3.63, 3.8) is 0 Å². The van der Waals surface area contributed by atoms with Crippen molar-refractivity contribution in [1.82, 2.24) is 15.4 Å². The summed E-state index contributed by atoms with van der Waals surface area (Å²) in [4.78, 5) is 43.8. The van der Waals surface area contributed by atoms with E-state index in [1.807, 2.05) is 30.3 Å². The van der Waals surface area contributed by atoms with Gasteiger partial charge in [0.15, 0.2) is 0 Å². The van der Waals surface area contributed by atoms with Crippen LogP contribution in [-0.2, 0) is 4.74 Å². The Morgan fingerprint density at radius 2 is 1.74 bits per heavy atom. The van der Waals surface area contributed by atoms with Gasteiger partial charge in [-0.2, -0.15) is 0 Å². The zero-order valence-corrected chi connectivity index (χ0v) is 18.5. The molecule has 1 aromatic heterocycles. The molecule has 176 valence electrons. The molecule has 0 atom stereocenters. The van der Waals surface area contributed by atoms with Crippen LogP contribution in [0.1, 0.15) is 27.6 Å². The first-order valence-corrected chi connectivity index (χ1v) is 10.6. The first-order valence-electron chi connectivity index (χ1n) is 10.6. The van der Waals surface area contributed by atoms with E-state index in [2.05, 4.69) is 26.1 Å². The zero-order chi connectivity index (χ0) is 24.8. The first-order chi connectivity index (χ1) is 17.0. The van der Waals surface area contributed by atoms with Crippen molar-refractivity contribution in [2.24, 2.45) is 0 Å². The van der Waals surface area contributed by atoms with E-state index in [1.54, 1.807) is 37.3 Å². The summed E-state index contributed by atoms with van der Waals surface area (Å²) in [5.41, 5.74) is 5.53. The summed E-state index contributed by atoms with van der Waals surface area (Å²) in [5, 5.41) is 16.3. The van der Waals surface area contributed by atoms with Gasteiger partial charge in [-0.25, -0.2) is 14.8 Å². The van der Waals surface area contributed by atoms with Gasteiger partial charge in [-0.15, -0.1) is 0 Å². The van der Waals surface area contributed by atoms with Crippen LogP contribution in [0.5, 0.6) is 0 Å². The molecule has 11 heteroatoms. The number of rotatable bonds is 8. The molecule has 3 N–H and O–H groups in total. The minimum atomic E-state index is -0.677. The Morgan fingerprint density at radius 3 is 2.54 bits per heavy atom. The second-order valence-corrected chi connectivity index (χ2v) is 7.21. The molecule has 11 nitrogen and oxygen atoms in total. The van der Waals surface area contributed by atoms with Crippen LogP contribution in [0, 0.1) is 10.1 Å². The predicted molar refractivity (Wildman–Crippen MR) is 129 cm³/mol. The van der Waals surface area contributed by atoms with Gasteiger partial charge in [-0.1, -0.05) is 42.5 Å². The fourth-order valence-electron chi connectivity index (χ4n) is 3.42. The molecule has 3 aromatic carbocycles. The Hall–Kier alpha value is -5.06. The van der Waals surface area contributed by atoms with Gasteiger partial charge in [0.25, 0.3) is 5.91 Å². The van der Waals surface area contributed by atoms with Crippen molar-refractivity contribution >= 4 is 45.7 Å². The van der Waals surface area contributed by atoms with Crippen molar-refractivity contribution in [3.05, 3.63) is 94.3 Å². The molecule has 0 fully saturated rings. The summed E-state index contributed by atoms with van der Waals surface area (Å²) in [6.45, 7) is 1.91. The molecule has 0 saturated carbocycles. The summed E-state index contributed by atoms with van der Waals surface area (Å²) < 4.78 is 4.98. The summed E-state index contributed by atoms with van der Waals surface area (Å²) in [6, 6.07) is 18.9. The zero-order valence-electron chi connectivity index (χ0n) is 18.5. The Bertz CT molecular complexity index is 1420. The maximum atomic E-state index is 12.8. The highest BCUT2D eigenvalue weighted by atomic mass is 16.6. The van der Waals surface area contributed by atoms with Crippen LogP contribution >= 0.6 is 0 Å². The number of ether oxygens (including phenoxy) is 1. The molecule has 0 bridgehead atoms. The number of nitro groups is 1. The second-order valence-electron chi connectivity index (χ2n) is 7.21. The number of carbonyl (C=O) groups is 2. The molecule has 1 heterocycles. The van der Waals surface area contributed by atoms with Gasteiger partial charge >= 0.3 is 11.7 Å². The lowest BCUT2D eigenvalue weighted by Crippen LogP contribution is -2.30. The lowest BCUT2D eigenvalue weighted by molar-refractivity contribution is -0.383. The number of carbonyl (C=O) groups excluding carboxylic acids is 2. The first kappa shape index (κ1) is 23.1. The van der Waals surface area contributed by atoms with Crippen molar-refractivity contribution in [2.45, 2.75) is 6.92 Å². The maximum absolute atomic E-state index is 12.8. The molecule has 0 saturated heterocycles. The second kappa shape index (κ2) is 10.3. The molecular weight excluding hydrogens is 452 g/mol. The van der Waals surface area contributed by atoms with Crippen LogP contribution in [0.25, 0.3) is 10.8 Å². The quantitative estimate of drug-likeness (QED) is 0.195. The largest absolute Gasteiger partial charge is 0.462 e. The van der Waals surface area contributed by atoms with E-state index in [-0.39, 0.29) is 23.8 Å². The number of aromatic nitrogens is 2. The third-order valence-electron chi connectivity index (χ3n) is 4.97. The normalized spacial score (nSPS) is 10.4. The van der Waals surface area contributed by atoms with E-state index in [4.69, 9.17) is 4.74 Å². The van der Waals surface area contributed by atoms with Crippen LogP contribution in [0.4, 0.5) is 23.0 Å². The lowest BCUT2D eigenvalue weighted by atomic mass is 10.0. The van der Waals surface area contributed by atoms with Crippen LogP contribution in [0.15, 0.2) is 73.1 Å². The van der Waals surface area contributed by atoms with Gasteiger partial charge in [0.2, 0.25) is 11.6 Å². The fraction of sp³-hybridized carbons (Fsp3) is 0.0833. The third-order valence-corrected chi connectivity index (χ3v) is 4.97. The standard InChI is InChI=1S/C24H20N6O5/c1-2-35-24(32)16-9-5-10-17(13-16)27-21-20(30(33)34)22(26-14-25-21)28-29-23(31)19-12-6-8-15-7-3-4-11-18(15)19/h3-14H,2H2,1H3,(H,29,31)(H2,25,26,27,28). The van der Waals surface area contributed by atoms with Crippen molar-refractivity contribution < 1.29 is 19.2 Å². The third kappa shape index (κ3) is 5.14. The minimum Gasteiger partial charge on any atom is -0.462 e. The van der Waals surface area contributed by atoms with E-state index >= 15 is 0 Å². The predicted octanol–water partition coefficient (Wildman–Crippen LogP) is 4.22. The molecule has 4 aromatic rings. The average molecular weight is 472 g/mol. The van der Waals surface area contributed by atoms with Crippen molar-refractivity contribution in [2.75, 3.05) is 17.3 Å². The van der Waals surface area contributed by atoms with E-state index < -0.39 is 22.5 Å². The van der Waals surface area contributed by atoms with Crippen molar-refractivity contribution in [1.29, 1.82) is 0 Å². The number of hydrogen-bond acceptors (Lipinski definition) is 9. The number of hydrogen-bond donors (Lipinski definition) is 3. The smallest absolute Gasteiger partial charge is 0.355 e. The number of hydrazine groups is 1. The van der Waals surface area contributed by atoms with E-state index in [1.165, 1.54) is 6.07 Å². The highest BCUT2D eigenvalue weighted by Gasteiger charge is 2.24.